The van der Waals surface area contributed by atoms with Crippen LogP contribution in [0.2, 0.25) is 0 Å². The predicted octanol–water partition coefficient (Wildman–Crippen LogP) is 2.54. The molecule has 0 saturated heterocycles. The number of hydrogen-bond acceptors (Lipinski definition) is 2. The first-order valence-electron chi connectivity index (χ1n) is 4.75. The van der Waals surface area contributed by atoms with Gasteiger partial charge < -0.3 is 4.74 Å². The van der Waals surface area contributed by atoms with Crippen molar-refractivity contribution >= 4 is 5.97 Å². The number of rotatable bonds is 1. The van der Waals surface area contributed by atoms with Gasteiger partial charge in [-0.15, -0.1) is 0 Å². The largest absolute Gasteiger partial charge is 0.458 e. The molecule has 2 heteroatoms. The van der Waals surface area contributed by atoms with Gasteiger partial charge in [0, 0.05) is 6.92 Å². The van der Waals surface area contributed by atoms with Gasteiger partial charge in [-0.2, -0.15) is 0 Å². The van der Waals surface area contributed by atoms with Crippen LogP contribution in [0, 0.1) is 11.3 Å². The first-order chi connectivity index (χ1) is 5.89. The predicted molar refractivity (Wildman–Crippen MR) is 52.3 cm³/mol. The molecular formula is C11H18O2. The molecular weight excluding hydrogens is 164 g/mol. The van der Waals surface area contributed by atoms with Crippen molar-refractivity contribution in [3.8, 4) is 0 Å². The second kappa shape index (κ2) is 3.52. The zero-order chi connectivity index (χ0) is 10.1. The molecule has 1 rings (SSSR count). The monoisotopic (exact) mass is 182 g/mol. The smallest absolute Gasteiger partial charge is 0.303 e. The van der Waals surface area contributed by atoms with Gasteiger partial charge in [0.05, 0.1) is 0 Å². The molecule has 0 aromatic rings. The van der Waals surface area contributed by atoms with Gasteiger partial charge in [-0.05, 0) is 23.8 Å². The second-order valence-electron chi connectivity index (χ2n) is 4.74. The summed E-state index contributed by atoms with van der Waals surface area (Å²) in [4.78, 5) is 10.7. The maximum atomic E-state index is 10.7. The Morgan fingerprint density at radius 1 is 1.38 bits per heavy atom. The van der Waals surface area contributed by atoms with Crippen LogP contribution in [0.25, 0.3) is 0 Å². The minimum absolute atomic E-state index is 0.00160. The first kappa shape index (κ1) is 10.3. The molecule has 0 bridgehead atoms. The van der Waals surface area contributed by atoms with E-state index in [1.807, 2.05) is 6.08 Å². The van der Waals surface area contributed by atoms with Gasteiger partial charge >= 0.3 is 5.97 Å². The van der Waals surface area contributed by atoms with E-state index in [1.165, 1.54) is 6.92 Å². The van der Waals surface area contributed by atoms with Gasteiger partial charge in [0.2, 0.25) is 0 Å². The van der Waals surface area contributed by atoms with Crippen molar-refractivity contribution < 1.29 is 9.53 Å². The van der Waals surface area contributed by atoms with E-state index in [4.69, 9.17) is 4.74 Å². The van der Waals surface area contributed by atoms with Crippen LogP contribution in [0.4, 0.5) is 0 Å². The van der Waals surface area contributed by atoms with Crippen LogP contribution in [0.15, 0.2) is 12.2 Å². The molecule has 1 aliphatic carbocycles. The molecule has 0 saturated carbocycles. The normalized spacial score (nSPS) is 27.7. The molecule has 1 unspecified atom stereocenters. The summed E-state index contributed by atoms with van der Waals surface area (Å²) in [7, 11) is 0. The molecule has 74 valence electrons. The highest BCUT2D eigenvalue weighted by Crippen LogP contribution is 2.35. The topological polar surface area (TPSA) is 26.3 Å². The molecule has 2 nitrogen and oxygen atoms in total. The van der Waals surface area contributed by atoms with Crippen molar-refractivity contribution in [2.75, 3.05) is 0 Å². The lowest BCUT2D eigenvalue weighted by Gasteiger charge is -2.26. The Morgan fingerprint density at radius 3 is 2.38 bits per heavy atom. The van der Waals surface area contributed by atoms with Gasteiger partial charge in [0.1, 0.15) is 6.10 Å². The Labute approximate surface area is 80.0 Å². The van der Waals surface area contributed by atoms with Gasteiger partial charge in [-0.1, -0.05) is 26.8 Å². The van der Waals surface area contributed by atoms with Crippen molar-refractivity contribution in [1.82, 2.24) is 0 Å². The number of allylic oxidation sites excluding steroid dienone is 1. The average Bonchev–Trinajstić information content (AvgIpc) is 2.32. The molecule has 0 fully saturated rings. The summed E-state index contributed by atoms with van der Waals surface area (Å²) in [5.74, 6) is 0.334. The SMILES string of the molecule is CC(=O)O[C@@H]1C=CC(C(C)(C)C)C1. The fraction of sp³-hybridized carbons (Fsp3) is 0.727. The maximum Gasteiger partial charge on any atom is 0.303 e. The first-order valence-corrected chi connectivity index (χ1v) is 4.75. The third-order valence-corrected chi connectivity index (χ3v) is 2.47. The van der Waals surface area contributed by atoms with E-state index in [-0.39, 0.29) is 17.5 Å². The molecule has 13 heavy (non-hydrogen) atoms. The van der Waals surface area contributed by atoms with E-state index in [1.54, 1.807) is 0 Å². The average molecular weight is 182 g/mol. The molecule has 0 aromatic carbocycles. The van der Waals surface area contributed by atoms with Crippen molar-refractivity contribution in [3.63, 3.8) is 0 Å². The third-order valence-electron chi connectivity index (χ3n) is 2.47. The summed E-state index contributed by atoms with van der Waals surface area (Å²) in [6, 6.07) is 0. The number of carbonyl (C=O) groups is 1. The molecule has 0 heterocycles. The lowest BCUT2D eigenvalue weighted by Crippen LogP contribution is -2.20. The summed E-state index contributed by atoms with van der Waals surface area (Å²) >= 11 is 0. The number of carbonyl (C=O) groups excluding carboxylic acids is 1. The van der Waals surface area contributed by atoms with Gasteiger partial charge in [0.25, 0.3) is 0 Å². The summed E-state index contributed by atoms with van der Waals surface area (Å²) in [5.41, 5.74) is 0.269. The van der Waals surface area contributed by atoms with Crippen LogP contribution in [0.1, 0.15) is 34.1 Å². The summed E-state index contributed by atoms with van der Waals surface area (Å²) in [5, 5.41) is 0. The molecule has 2 atom stereocenters. The van der Waals surface area contributed by atoms with Gasteiger partial charge in [-0.3, -0.25) is 4.79 Å². The van der Waals surface area contributed by atoms with Crippen LogP contribution in [-0.2, 0) is 9.53 Å². The highest BCUT2D eigenvalue weighted by molar-refractivity contribution is 5.66. The third kappa shape index (κ3) is 2.87. The lowest BCUT2D eigenvalue weighted by molar-refractivity contribution is -0.144. The fourth-order valence-electron chi connectivity index (χ4n) is 1.61. The fourth-order valence-corrected chi connectivity index (χ4v) is 1.61. The molecule has 0 aliphatic heterocycles. The summed E-state index contributed by atoms with van der Waals surface area (Å²) in [6.45, 7) is 8.08. The quantitative estimate of drug-likeness (QED) is 0.460. The van der Waals surface area contributed by atoms with E-state index in [0.717, 1.165) is 6.42 Å². The zero-order valence-corrected chi connectivity index (χ0v) is 8.83. The molecule has 0 spiro atoms. The molecule has 0 amide bonds. The lowest BCUT2D eigenvalue weighted by atomic mass is 9.80. The van der Waals surface area contributed by atoms with Crippen molar-refractivity contribution in [3.05, 3.63) is 12.2 Å². The van der Waals surface area contributed by atoms with Crippen molar-refractivity contribution in [2.45, 2.75) is 40.2 Å². The van der Waals surface area contributed by atoms with Gasteiger partial charge in [0.15, 0.2) is 0 Å². The number of esters is 1. The Hall–Kier alpha value is -0.790. The van der Waals surface area contributed by atoms with Crippen molar-refractivity contribution in [2.24, 2.45) is 11.3 Å². The van der Waals surface area contributed by atoms with Crippen LogP contribution < -0.4 is 0 Å². The van der Waals surface area contributed by atoms with Crippen LogP contribution in [0.5, 0.6) is 0 Å². The number of hydrogen-bond donors (Lipinski definition) is 0. The highest BCUT2D eigenvalue weighted by atomic mass is 16.5. The van der Waals surface area contributed by atoms with E-state index >= 15 is 0 Å². The minimum Gasteiger partial charge on any atom is -0.458 e. The van der Waals surface area contributed by atoms with Crippen LogP contribution in [0.3, 0.4) is 0 Å². The zero-order valence-electron chi connectivity index (χ0n) is 8.83. The minimum atomic E-state index is -0.191. The molecule has 0 aromatic heterocycles. The molecule has 0 N–H and O–H groups in total. The number of ether oxygens (including phenoxy) is 1. The van der Waals surface area contributed by atoms with E-state index in [0.29, 0.717) is 5.92 Å². The Morgan fingerprint density at radius 2 is 2.00 bits per heavy atom. The second-order valence-corrected chi connectivity index (χ2v) is 4.74. The van der Waals surface area contributed by atoms with E-state index in [2.05, 4.69) is 26.8 Å². The molecule has 1 aliphatic rings. The van der Waals surface area contributed by atoms with E-state index < -0.39 is 0 Å². The van der Waals surface area contributed by atoms with Gasteiger partial charge in [-0.25, -0.2) is 0 Å². The van der Waals surface area contributed by atoms with E-state index in [9.17, 15) is 4.79 Å². The maximum absolute atomic E-state index is 10.7. The Balaban J connectivity index is 2.47. The summed E-state index contributed by atoms with van der Waals surface area (Å²) < 4.78 is 5.11. The van der Waals surface area contributed by atoms with Crippen LogP contribution in [-0.4, -0.2) is 12.1 Å². The van der Waals surface area contributed by atoms with Crippen LogP contribution >= 0.6 is 0 Å². The van der Waals surface area contributed by atoms with Crippen molar-refractivity contribution in [1.29, 1.82) is 0 Å². The standard InChI is InChI=1S/C11H18O2/c1-8(12)13-10-6-5-9(7-10)11(2,3)4/h5-6,9-10H,7H2,1-4H3/t9?,10-/m1/s1. The molecule has 0 radical (unpaired) electrons. The Kier molecular flexibility index (Phi) is 2.79. The highest BCUT2D eigenvalue weighted by Gasteiger charge is 2.29. The Bertz CT molecular complexity index is 223. The summed E-state index contributed by atoms with van der Waals surface area (Å²) in [6.07, 6.45) is 5.09.